The molecule has 5 N–H and O–H groups in total. The number of rotatable bonds is 13. The third-order valence-corrected chi connectivity index (χ3v) is 9.34. The predicted octanol–water partition coefficient (Wildman–Crippen LogP) is 5.94. The van der Waals surface area contributed by atoms with Crippen molar-refractivity contribution in [1.82, 2.24) is 9.97 Å². The van der Waals surface area contributed by atoms with Crippen molar-refractivity contribution in [3.05, 3.63) is 83.8 Å². The lowest BCUT2D eigenvalue weighted by Gasteiger charge is -2.29. The summed E-state index contributed by atoms with van der Waals surface area (Å²) in [4.78, 5) is 8.55. The average Bonchev–Trinajstić information content (AvgIpc) is 3.40. The molecule has 42 heavy (non-hydrogen) atoms. The number of nitrogens with two attached hydrogens (primary N) is 1. The number of anilines is 1. The summed E-state index contributed by atoms with van der Waals surface area (Å²) in [5.41, 5.74) is 9.03. The van der Waals surface area contributed by atoms with E-state index in [1.54, 1.807) is 18.5 Å². The summed E-state index contributed by atoms with van der Waals surface area (Å²) in [6.07, 6.45) is 17.2. The van der Waals surface area contributed by atoms with E-state index in [2.05, 4.69) is 22.1 Å². The number of aliphatic hydroxyl groups excluding tert-OH is 2. The molecule has 0 spiro atoms. The molecular weight excluding hydrogens is 526 g/mol. The lowest BCUT2D eigenvalue weighted by atomic mass is 9.78. The minimum absolute atomic E-state index is 0.0977. The highest BCUT2D eigenvalue weighted by Crippen LogP contribution is 2.40. The molecule has 0 saturated heterocycles. The van der Waals surface area contributed by atoms with Crippen LogP contribution in [0.1, 0.15) is 80.5 Å². The number of aromatic hydroxyl groups is 1. The van der Waals surface area contributed by atoms with Gasteiger partial charge in [-0.15, -0.1) is 0 Å². The maximum Gasteiger partial charge on any atom is 0.161 e. The summed E-state index contributed by atoms with van der Waals surface area (Å²) < 4.78 is 6.06. The maximum absolute atomic E-state index is 11.0. The minimum atomic E-state index is -0.572. The Balaban J connectivity index is 1.12. The number of pyridine rings is 1. The zero-order chi connectivity index (χ0) is 29.3. The fourth-order valence-corrected chi connectivity index (χ4v) is 6.92. The number of nitrogens with zero attached hydrogens (tertiary/aromatic N) is 2. The van der Waals surface area contributed by atoms with Crippen LogP contribution in [0.25, 0.3) is 0 Å². The molecule has 2 aromatic heterocycles. The van der Waals surface area contributed by atoms with Gasteiger partial charge in [-0.25, -0.2) is 4.98 Å². The van der Waals surface area contributed by atoms with Gasteiger partial charge in [-0.1, -0.05) is 36.8 Å². The van der Waals surface area contributed by atoms with Crippen LogP contribution >= 0.6 is 0 Å². The van der Waals surface area contributed by atoms with Gasteiger partial charge in [0.15, 0.2) is 11.5 Å². The summed E-state index contributed by atoms with van der Waals surface area (Å²) >= 11 is 0. The lowest BCUT2D eigenvalue weighted by molar-refractivity contribution is 0.0321. The number of hydrogen-bond acceptors (Lipinski definition) is 6. The first-order chi connectivity index (χ1) is 20.4. The molecule has 1 aromatic carbocycles. The molecule has 7 nitrogen and oxygen atoms in total. The van der Waals surface area contributed by atoms with Gasteiger partial charge < -0.3 is 30.8 Å². The molecular formula is C35H46N3O4-. The zero-order valence-corrected chi connectivity index (χ0v) is 24.5. The summed E-state index contributed by atoms with van der Waals surface area (Å²) in [5, 5.41) is 32.3. The number of phenols is 1. The summed E-state index contributed by atoms with van der Waals surface area (Å²) in [6.45, 7) is 0.415. The third kappa shape index (κ3) is 8.39. The molecule has 5 rings (SSSR count). The van der Waals surface area contributed by atoms with E-state index in [1.807, 2.05) is 36.4 Å². The van der Waals surface area contributed by atoms with E-state index in [1.165, 1.54) is 25.7 Å². The van der Waals surface area contributed by atoms with Gasteiger partial charge in [0.05, 0.1) is 18.8 Å². The van der Waals surface area contributed by atoms with Crippen molar-refractivity contribution in [1.29, 1.82) is 0 Å². The number of fused-ring (bicyclic) bond motifs is 1. The Bertz CT molecular complexity index is 1280. The van der Waals surface area contributed by atoms with Crippen LogP contribution in [0.2, 0.25) is 0 Å². The molecule has 0 aliphatic heterocycles. The Kier molecular flexibility index (Phi) is 10.6. The second kappa shape index (κ2) is 14.7. The number of aromatic nitrogens is 2. The molecule has 0 bridgehead atoms. The number of benzene rings is 1. The van der Waals surface area contributed by atoms with Crippen molar-refractivity contribution in [2.24, 2.45) is 17.8 Å². The van der Waals surface area contributed by atoms with Gasteiger partial charge in [0, 0.05) is 6.20 Å². The monoisotopic (exact) mass is 572 g/mol. The van der Waals surface area contributed by atoms with Gasteiger partial charge in [0.25, 0.3) is 0 Å². The van der Waals surface area contributed by atoms with Crippen molar-refractivity contribution in [2.75, 3.05) is 12.3 Å². The molecule has 1 fully saturated rings. The molecule has 6 unspecified atom stereocenters. The second-order valence-electron chi connectivity index (χ2n) is 12.3. The quantitative estimate of drug-likeness (QED) is 0.187. The fourth-order valence-electron chi connectivity index (χ4n) is 6.92. The number of hydrogen-bond donors (Lipinski definition) is 4. The smallest absolute Gasteiger partial charge is 0.161 e. The Morgan fingerprint density at radius 3 is 2.81 bits per heavy atom. The molecule has 7 heteroatoms. The van der Waals surface area contributed by atoms with Crippen LogP contribution in [0.4, 0.5) is 5.82 Å². The van der Waals surface area contributed by atoms with E-state index in [0.717, 1.165) is 48.4 Å². The van der Waals surface area contributed by atoms with Gasteiger partial charge >= 0.3 is 0 Å². The Morgan fingerprint density at radius 2 is 1.98 bits per heavy atom. The first kappa shape index (κ1) is 30.2. The fraction of sp³-hybridized carbons (Fsp3) is 0.514. The van der Waals surface area contributed by atoms with Gasteiger partial charge in [0.1, 0.15) is 5.82 Å². The summed E-state index contributed by atoms with van der Waals surface area (Å²) in [5.74, 6) is 2.77. The number of nitrogen functional groups attached to an aromatic ring is 1. The number of phenolic OH excluding ortho intramolecular Hbond substituents is 1. The van der Waals surface area contributed by atoms with Crippen LogP contribution in [-0.2, 0) is 12.8 Å². The van der Waals surface area contributed by atoms with E-state index in [9.17, 15) is 15.3 Å². The molecule has 1 saturated carbocycles. The first-order valence-electron chi connectivity index (χ1n) is 15.7. The minimum Gasteiger partial charge on any atom is -0.668 e. The van der Waals surface area contributed by atoms with Crippen LogP contribution in [0.5, 0.6) is 11.5 Å². The van der Waals surface area contributed by atoms with Gasteiger partial charge in [0.2, 0.25) is 0 Å². The topological polar surface area (TPSA) is 123 Å². The molecule has 0 amide bonds. The number of ether oxygens (including phenoxy) is 1. The van der Waals surface area contributed by atoms with Crippen molar-refractivity contribution in [2.45, 2.75) is 88.8 Å². The number of aryl methyl sites for hydroxylation is 1. The third-order valence-electron chi connectivity index (χ3n) is 9.34. The van der Waals surface area contributed by atoms with E-state index >= 15 is 0 Å². The van der Waals surface area contributed by atoms with E-state index < -0.39 is 12.2 Å². The van der Waals surface area contributed by atoms with Gasteiger partial charge in [-0.3, -0.25) is 0 Å². The van der Waals surface area contributed by atoms with Crippen molar-refractivity contribution in [3.8, 4) is 11.5 Å². The first-order valence-corrected chi connectivity index (χ1v) is 15.7. The Labute approximate surface area is 249 Å². The van der Waals surface area contributed by atoms with E-state index in [-0.39, 0.29) is 17.6 Å². The SMILES string of the molecule is Nc1cc(C(CCOc2cc(CCC(O)CC(O)C3CCCC4CCC=CC4C3)ccc2O)Cc2ccc[n-]2)ccn1. The summed E-state index contributed by atoms with van der Waals surface area (Å²) in [7, 11) is 0. The van der Waals surface area contributed by atoms with E-state index in [4.69, 9.17) is 10.5 Å². The van der Waals surface area contributed by atoms with Crippen molar-refractivity contribution in [3.63, 3.8) is 0 Å². The molecule has 226 valence electrons. The van der Waals surface area contributed by atoms with Crippen molar-refractivity contribution < 1.29 is 20.1 Å². The van der Waals surface area contributed by atoms with Crippen LogP contribution in [0, 0.1) is 17.8 Å². The van der Waals surface area contributed by atoms with Crippen LogP contribution in [0.15, 0.2) is 67.0 Å². The van der Waals surface area contributed by atoms with Gasteiger partial charge in [-0.2, -0.15) is 11.9 Å². The Hall–Kier alpha value is -3.29. The largest absolute Gasteiger partial charge is 0.668 e. The average molecular weight is 573 g/mol. The zero-order valence-electron chi connectivity index (χ0n) is 24.5. The molecule has 2 aliphatic rings. The highest BCUT2D eigenvalue weighted by atomic mass is 16.5. The predicted molar refractivity (Wildman–Crippen MR) is 165 cm³/mol. The molecule has 2 aliphatic carbocycles. The molecule has 2 heterocycles. The van der Waals surface area contributed by atoms with Gasteiger partial charge in [-0.05, 0) is 123 Å². The highest BCUT2D eigenvalue weighted by Gasteiger charge is 2.31. The maximum atomic E-state index is 11.0. The Morgan fingerprint density at radius 1 is 1.07 bits per heavy atom. The summed E-state index contributed by atoms with van der Waals surface area (Å²) in [6, 6.07) is 13.2. The van der Waals surface area contributed by atoms with E-state index in [0.29, 0.717) is 43.4 Å². The lowest BCUT2D eigenvalue weighted by Crippen LogP contribution is -2.28. The normalized spacial score (nSPS) is 22.6. The molecule has 3 aromatic rings. The van der Waals surface area contributed by atoms with Crippen molar-refractivity contribution >= 4 is 5.82 Å². The molecule has 0 radical (unpaired) electrons. The highest BCUT2D eigenvalue weighted by molar-refractivity contribution is 5.42. The molecule has 6 atom stereocenters. The van der Waals surface area contributed by atoms with Crippen LogP contribution in [0.3, 0.4) is 0 Å². The number of allylic oxidation sites excluding steroid dienone is 2. The second-order valence-corrected chi connectivity index (χ2v) is 12.3. The number of aliphatic hydroxyl groups is 2. The van der Waals surface area contributed by atoms with Crippen LogP contribution in [-0.4, -0.2) is 39.1 Å². The standard InChI is InChI=1S/C35H46N3O4/c36-35-22-27(14-17-38-35)28(21-30-9-4-16-37-30)15-18-42-34-19-24(11-13-32(34)40)10-12-31(39)23-33(41)29-8-3-7-25-5-1-2-6-26(25)20-29/h2,4,6,9,11,13-14,16-17,19,22,25-26,28-29,31,33,39-41H,1,3,5,7-8,10,12,15,18,20-21,23H2,(H2,36,38)/q-1. The van der Waals surface area contributed by atoms with Crippen LogP contribution < -0.4 is 15.5 Å².